The Hall–Kier alpha value is -3.61. The zero-order valence-corrected chi connectivity index (χ0v) is 21.5. The van der Waals surface area contributed by atoms with Gasteiger partial charge in [-0.25, -0.2) is 4.98 Å². The maximum absolute atomic E-state index is 5.27. The number of rotatable bonds is 6. The number of imidazole rings is 1. The van der Waals surface area contributed by atoms with E-state index in [4.69, 9.17) is 14.7 Å². The van der Waals surface area contributed by atoms with Crippen LogP contribution >= 0.6 is 0 Å². The summed E-state index contributed by atoms with van der Waals surface area (Å²) in [5.41, 5.74) is 6.54. The normalized spacial score (nSPS) is 14.3. The highest BCUT2D eigenvalue weighted by molar-refractivity contribution is 5.87. The van der Waals surface area contributed by atoms with Gasteiger partial charge in [0.15, 0.2) is 11.5 Å². The highest BCUT2D eigenvalue weighted by Gasteiger charge is 2.30. The topological polar surface area (TPSA) is 68.1 Å². The summed E-state index contributed by atoms with van der Waals surface area (Å²) < 4.78 is 7.25. The van der Waals surface area contributed by atoms with Crippen molar-refractivity contribution in [1.82, 2.24) is 19.5 Å². The monoisotopic (exact) mass is 470 g/mol. The third kappa shape index (κ3) is 4.67. The number of anilines is 3. The maximum Gasteiger partial charge on any atom is 0.229 e. The van der Waals surface area contributed by atoms with E-state index in [-0.39, 0.29) is 5.41 Å². The Morgan fingerprint density at radius 2 is 1.80 bits per heavy atom. The molecule has 7 heteroatoms. The number of aromatic nitrogens is 4. The Morgan fingerprint density at radius 1 is 1.06 bits per heavy atom. The number of fused-ring (bicyclic) bond motifs is 1. The van der Waals surface area contributed by atoms with Crippen LogP contribution in [0.15, 0.2) is 48.8 Å². The Labute approximate surface area is 207 Å². The Bertz CT molecular complexity index is 1350. The summed E-state index contributed by atoms with van der Waals surface area (Å²) in [7, 11) is 3.68. The largest absolute Gasteiger partial charge is 0.497 e. The number of nitrogens with one attached hydrogen (secondary N) is 1. The molecule has 0 atom stereocenters. The van der Waals surface area contributed by atoms with E-state index in [0.29, 0.717) is 11.6 Å². The summed E-state index contributed by atoms with van der Waals surface area (Å²) in [6.45, 7) is 10.7. The molecular formula is C28H34N6O. The van der Waals surface area contributed by atoms with Crippen LogP contribution in [-0.2, 0) is 18.9 Å². The predicted octanol–water partition coefficient (Wildman–Crippen LogP) is 5.40. The van der Waals surface area contributed by atoms with Gasteiger partial charge < -0.3 is 19.5 Å². The van der Waals surface area contributed by atoms with E-state index in [9.17, 15) is 0 Å². The number of hydrogen-bond acceptors (Lipinski definition) is 6. The molecule has 7 nitrogen and oxygen atoms in total. The molecular weight excluding hydrogens is 436 g/mol. The van der Waals surface area contributed by atoms with Gasteiger partial charge in [0.1, 0.15) is 11.3 Å². The molecule has 182 valence electrons. The molecule has 1 aliphatic heterocycles. The van der Waals surface area contributed by atoms with Crippen LogP contribution in [0.4, 0.5) is 17.5 Å². The molecule has 0 bridgehead atoms. The third-order valence-electron chi connectivity index (χ3n) is 6.84. The number of nitrogens with zero attached hydrogens (tertiary/aromatic N) is 5. The number of benzene rings is 2. The van der Waals surface area contributed by atoms with Crippen LogP contribution in [0.5, 0.6) is 5.75 Å². The van der Waals surface area contributed by atoms with Gasteiger partial charge in [0.2, 0.25) is 5.95 Å². The molecule has 0 radical (unpaired) electrons. The second-order valence-corrected chi connectivity index (χ2v) is 10.6. The number of methoxy groups -OCH3 is 1. The van der Waals surface area contributed by atoms with Crippen molar-refractivity contribution in [3.05, 3.63) is 65.5 Å². The Kier molecular flexibility index (Phi) is 5.87. The van der Waals surface area contributed by atoms with E-state index in [0.717, 1.165) is 48.2 Å². The summed E-state index contributed by atoms with van der Waals surface area (Å²) >= 11 is 0. The van der Waals surface area contributed by atoms with Crippen molar-refractivity contribution in [3.63, 3.8) is 0 Å². The van der Waals surface area contributed by atoms with Crippen LogP contribution in [-0.4, -0.2) is 39.7 Å². The van der Waals surface area contributed by atoms with Gasteiger partial charge in [-0.2, -0.15) is 9.97 Å². The molecule has 5 rings (SSSR count). The first-order valence-corrected chi connectivity index (χ1v) is 12.2. The highest BCUT2D eigenvalue weighted by atomic mass is 16.5. The zero-order valence-electron chi connectivity index (χ0n) is 21.5. The van der Waals surface area contributed by atoms with E-state index >= 15 is 0 Å². The molecule has 0 saturated carbocycles. The molecule has 3 heterocycles. The molecule has 0 unspecified atom stereocenters. The fraction of sp³-hybridized carbons (Fsp3) is 0.393. The van der Waals surface area contributed by atoms with Crippen molar-refractivity contribution < 1.29 is 4.74 Å². The quantitative estimate of drug-likeness (QED) is 0.407. The van der Waals surface area contributed by atoms with Gasteiger partial charge in [0.05, 0.1) is 13.4 Å². The molecule has 35 heavy (non-hydrogen) atoms. The molecule has 2 aromatic carbocycles. The fourth-order valence-electron chi connectivity index (χ4n) is 4.58. The van der Waals surface area contributed by atoms with E-state index in [2.05, 4.69) is 73.2 Å². The van der Waals surface area contributed by atoms with E-state index in [1.54, 1.807) is 13.4 Å². The first-order valence-electron chi connectivity index (χ1n) is 12.2. The first-order chi connectivity index (χ1) is 16.7. The van der Waals surface area contributed by atoms with Gasteiger partial charge >= 0.3 is 0 Å². The van der Waals surface area contributed by atoms with E-state index in [1.807, 2.05) is 23.7 Å². The van der Waals surface area contributed by atoms with Gasteiger partial charge in [-0.15, -0.1) is 0 Å². The van der Waals surface area contributed by atoms with Crippen LogP contribution in [0.2, 0.25) is 0 Å². The molecule has 0 aliphatic carbocycles. The molecule has 0 amide bonds. The minimum absolute atomic E-state index is 0.0688. The Morgan fingerprint density at radius 3 is 2.49 bits per heavy atom. The average molecular weight is 471 g/mol. The predicted molar refractivity (Wildman–Crippen MR) is 142 cm³/mol. The third-order valence-corrected chi connectivity index (χ3v) is 6.84. The molecule has 1 N–H and O–H groups in total. The van der Waals surface area contributed by atoms with Crippen molar-refractivity contribution in [2.24, 2.45) is 13.0 Å². The highest BCUT2D eigenvalue weighted by Crippen LogP contribution is 2.32. The molecule has 1 fully saturated rings. The SMILES string of the molecule is COc1ccc(CC2CN(c3nc(Nc4cc(C(C)(C)C)ccc4C)c4c(ncn4C)n3)C2)cc1. The minimum atomic E-state index is 0.0688. The van der Waals surface area contributed by atoms with Crippen LogP contribution < -0.4 is 15.0 Å². The van der Waals surface area contributed by atoms with Crippen molar-refractivity contribution in [3.8, 4) is 5.75 Å². The summed E-state index contributed by atoms with van der Waals surface area (Å²) in [4.78, 5) is 16.5. The Balaban J connectivity index is 1.38. The first kappa shape index (κ1) is 23.1. The van der Waals surface area contributed by atoms with Crippen molar-refractivity contribution in [1.29, 1.82) is 0 Å². The summed E-state index contributed by atoms with van der Waals surface area (Å²) in [6, 6.07) is 15.0. The van der Waals surface area contributed by atoms with Gasteiger partial charge in [0.25, 0.3) is 0 Å². The lowest BCUT2D eigenvalue weighted by Crippen LogP contribution is -2.48. The smallest absolute Gasteiger partial charge is 0.229 e. The molecule has 1 aliphatic rings. The summed E-state index contributed by atoms with van der Waals surface area (Å²) in [5.74, 6) is 2.99. The molecule has 0 spiro atoms. The van der Waals surface area contributed by atoms with Crippen molar-refractivity contribution in [2.45, 2.75) is 39.5 Å². The van der Waals surface area contributed by atoms with Gasteiger partial charge in [-0.05, 0) is 59.6 Å². The molecule has 4 aromatic rings. The van der Waals surface area contributed by atoms with E-state index < -0.39 is 0 Å². The minimum Gasteiger partial charge on any atom is -0.497 e. The summed E-state index contributed by atoms with van der Waals surface area (Å²) in [6.07, 6.45) is 2.84. The number of ether oxygens (including phenoxy) is 1. The van der Waals surface area contributed by atoms with Crippen LogP contribution in [0.1, 0.15) is 37.5 Å². The van der Waals surface area contributed by atoms with Crippen LogP contribution in [0, 0.1) is 12.8 Å². The van der Waals surface area contributed by atoms with Crippen LogP contribution in [0.3, 0.4) is 0 Å². The second kappa shape index (κ2) is 8.87. The molecule has 2 aromatic heterocycles. The lowest BCUT2D eigenvalue weighted by atomic mass is 9.86. The standard InChI is InChI=1S/C28H34N6O/c1-18-7-10-21(28(2,3)4)14-23(18)30-26-24-25(29-17-33(24)5)31-27(32-26)34-15-20(16-34)13-19-8-11-22(35-6)12-9-19/h7-12,14,17,20H,13,15-16H2,1-6H3,(H,30,31,32). The fourth-order valence-corrected chi connectivity index (χ4v) is 4.58. The lowest BCUT2D eigenvalue weighted by molar-refractivity contribution is 0.400. The second-order valence-electron chi connectivity index (χ2n) is 10.6. The average Bonchev–Trinajstić information content (AvgIpc) is 3.18. The molecule has 1 saturated heterocycles. The van der Waals surface area contributed by atoms with Crippen molar-refractivity contribution >= 4 is 28.6 Å². The van der Waals surface area contributed by atoms with Crippen molar-refractivity contribution in [2.75, 3.05) is 30.4 Å². The zero-order chi connectivity index (χ0) is 24.7. The summed E-state index contributed by atoms with van der Waals surface area (Å²) in [5, 5.41) is 3.61. The number of aryl methyl sites for hydroxylation is 2. The maximum atomic E-state index is 5.27. The van der Waals surface area contributed by atoms with Crippen LogP contribution in [0.25, 0.3) is 11.2 Å². The number of hydrogen-bond donors (Lipinski definition) is 1. The van der Waals surface area contributed by atoms with Gasteiger partial charge in [-0.3, -0.25) is 0 Å². The van der Waals surface area contributed by atoms with Gasteiger partial charge in [-0.1, -0.05) is 45.0 Å². The van der Waals surface area contributed by atoms with Gasteiger partial charge in [0, 0.05) is 25.8 Å². The lowest BCUT2D eigenvalue weighted by Gasteiger charge is -2.39. The van der Waals surface area contributed by atoms with E-state index in [1.165, 1.54) is 16.7 Å².